The highest BCUT2D eigenvalue weighted by molar-refractivity contribution is 5.45. The van der Waals surface area contributed by atoms with E-state index in [1.807, 2.05) is 0 Å². The summed E-state index contributed by atoms with van der Waals surface area (Å²) in [5.74, 6) is 0. The zero-order chi connectivity index (χ0) is 12.3. The highest BCUT2D eigenvalue weighted by Gasteiger charge is 2.22. The topological polar surface area (TPSA) is 79.8 Å². The Hall–Kier alpha value is -2.10. The van der Waals surface area contributed by atoms with E-state index in [1.165, 1.54) is 6.92 Å². The van der Waals surface area contributed by atoms with Crippen LogP contribution in [-0.2, 0) is 6.42 Å². The van der Waals surface area contributed by atoms with Gasteiger partial charge in [0, 0.05) is 5.56 Å². The van der Waals surface area contributed by atoms with Crippen molar-refractivity contribution >= 4 is 5.69 Å². The van der Waals surface area contributed by atoms with Gasteiger partial charge in [0.2, 0.25) is 0 Å². The Bertz CT molecular complexity index is 469. The molecule has 0 radical (unpaired) electrons. The molecule has 0 aliphatic carbocycles. The van der Waals surface area contributed by atoms with Crippen molar-refractivity contribution in [2.75, 3.05) is 0 Å². The maximum Gasteiger partial charge on any atom is 0.294 e. The third-order valence-electron chi connectivity index (χ3n) is 1.93. The molecule has 0 N–H and O–H groups in total. The molecular weight excluding hydrogens is 220 g/mol. The lowest BCUT2D eigenvalue weighted by atomic mass is 10.1. The van der Waals surface area contributed by atoms with E-state index in [0.29, 0.717) is 0 Å². The van der Waals surface area contributed by atoms with Gasteiger partial charge in [0.15, 0.2) is 0 Å². The molecule has 1 aromatic rings. The molecule has 0 saturated heterocycles. The van der Waals surface area contributed by atoms with Crippen molar-refractivity contribution in [1.29, 1.82) is 5.26 Å². The number of alkyl halides is 2. The van der Waals surface area contributed by atoms with Crippen LogP contribution in [-0.4, -0.2) is 9.91 Å². The number of pyridine rings is 1. The van der Waals surface area contributed by atoms with E-state index >= 15 is 0 Å². The van der Waals surface area contributed by atoms with Gasteiger partial charge in [0.05, 0.1) is 17.4 Å². The Labute approximate surface area is 89.5 Å². The van der Waals surface area contributed by atoms with Gasteiger partial charge in [-0.05, 0) is 13.0 Å². The molecule has 0 atom stereocenters. The van der Waals surface area contributed by atoms with Crippen molar-refractivity contribution in [3.8, 4) is 6.07 Å². The molecular formula is C9H7F2N3O2. The Morgan fingerprint density at radius 3 is 2.75 bits per heavy atom. The number of halogens is 2. The van der Waals surface area contributed by atoms with E-state index in [9.17, 15) is 18.9 Å². The first kappa shape index (κ1) is 12.0. The fourth-order valence-electron chi connectivity index (χ4n) is 1.32. The van der Waals surface area contributed by atoms with Crippen molar-refractivity contribution in [1.82, 2.24) is 4.98 Å². The van der Waals surface area contributed by atoms with Gasteiger partial charge in [0.1, 0.15) is 11.4 Å². The van der Waals surface area contributed by atoms with Gasteiger partial charge < -0.3 is 0 Å². The van der Waals surface area contributed by atoms with Gasteiger partial charge in [-0.2, -0.15) is 5.26 Å². The lowest BCUT2D eigenvalue weighted by Gasteiger charge is -2.05. The number of aromatic nitrogens is 1. The number of nitriles is 1. The fourth-order valence-corrected chi connectivity index (χ4v) is 1.32. The number of aryl methyl sites for hydroxylation is 1. The average molecular weight is 227 g/mol. The number of rotatable bonds is 3. The molecule has 1 heterocycles. The average Bonchev–Trinajstić information content (AvgIpc) is 2.16. The molecule has 5 nitrogen and oxygen atoms in total. The highest BCUT2D eigenvalue weighted by atomic mass is 19.3. The molecule has 0 spiro atoms. The molecule has 0 aliphatic heterocycles. The van der Waals surface area contributed by atoms with E-state index in [0.717, 1.165) is 6.07 Å². The summed E-state index contributed by atoms with van der Waals surface area (Å²) >= 11 is 0. The first-order valence-electron chi connectivity index (χ1n) is 4.27. The van der Waals surface area contributed by atoms with Gasteiger partial charge in [0.25, 0.3) is 12.1 Å². The quantitative estimate of drug-likeness (QED) is 0.586. The summed E-state index contributed by atoms with van der Waals surface area (Å²) in [5, 5.41) is 19.1. The Balaban J connectivity index is 3.40. The molecule has 7 heteroatoms. The van der Waals surface area contributed by atoms with Crippen molar-refractivity contribution in [3.63, 3.8) is 0 Å². The van der Waals surface area contributed by atoms with Crippen molar-refractivity contribution < 1.29 is 13.7 Å². The monoisotopic (exact) mass is 227 g/mol. The first-order valence-corrected chi connectivity index (χ1v) is 4.27. The minimum atomic E-state index is -2.81. The largest absolute Gasteiger partial charge is 0.294 e. The van der Waals surface area contributed by atoms with Crippen LogP contribution in [0.15, 0.2) is 6.07 Å². The smallest absolute Gasteiger partial charge is 0.258 e. The molecule has 0 aromatic carbocycles. The van der Waals surface area contributed by atoms with Crippen LogP contribution < -0.4 is 0 Å². The van der Waals surface area contributed by atoms with Crippen LogP contribution >= 0.6 is 0 Å². The molecule has 0 amide bonds. The van der Waals surface area contributed by atoms with Crippen molar-refractivity contribution in [2.45, 2.75) is 19.8 Å². The Morgan fingerprint density at radius 1 is 1.69 bits per heavy atom. The molecule has 0 unspecified atom stereocenters. The van der Waals surface area contributed by atoms with Gasteiger partial charge in [-0.3, -0.25) is 10.1 Å². The zero-order valence-electron chi connectivity index (χ0n) is 8.28. The summed E-state index contributed by atoms with van der Waals surface area (Å²) in [5.41, 5.74) is -1.05. The number of nitro groups is 1. The molecule has 0 saturated carbocycles. The summed E-state index contributed by atoms with van der Waals surface area (Å²) < 4.78 is 24.8. The van der Waals surface area contributed by atoms with E-state index in [2.05, 4.69) is 4.98 Å². The lowest BCUT2D eigenvalue weighted by molar-refractivity contribution is -0.386. The predicted molar refractivity (Wildman–Crippen MR) is 49.9 cm³/mol. The summed E-state index contributed by atoms with van der Waals surface area (Å²) in [6, 6.07) is 2.62. The second-order valence-electron chi connectivity index (χ2n) is 3.05. The second kappa shape index (κ2) is 4.61. The van der Waals surface area contributed by atoms with Crippen LogP contribution in [0.1, 0.15) is 23.4 Å². The third kappa shape index (κ3) is 2.28. The number of hydrogen-bond donors (Lipinski definition) is 0. The molecule has 0 aliphatic rings. The lowest BCUT2D eigenvalue weighted by Crippen LogP contribution is -2.04. The summed E-state index contributed by atoms with van der Waals surface area (Å²) in [6.07, 6.45) is -3.17. The highest BCUT2D eigenvalue weighted by Crippen LogP contribution is 2.27. The number of hydrogen-bond acceptors (Lipinski definition) is 4. The standard InChI is InChI=1S/C9H7F2N3O2/c1-5-4-7(9(10)11)13-6(2-3-12)8(5)14(15)16/h4,9H,2H2,1H3. The van der Waals surface area contributed by atoms with E-state index in [4.69, 9.17) is 5.26 Å². The molecule has 16 heavy (non-hydrogen) atoms. The van der Waals surface area contributed by atoms with E-state index < -0.39 is 17.0 Å². The first-order chi connectivity index (χ1) is 7.47. The van der Waals surface area contributed by atoms with Gasteiger partial charge in [-0.25, -0.2) is 13.8 Å². The minimum Gasteiger partial charge on any atom is -0.258 e. The van der Waals surface area contributed by atoms with Gasteiger partial charge >= 0.3 is 0 Å². The summed E-state index contributed by atoms with van der Waals surface area (Å²) in [4.78, 5) is 13.4. The molecule has 84 valence electrons. The van der Waals surface area contributed by atoms with E-state index in [-0.39, 0.29) is 23.4 Å². The normalized spacial score (nSPS) is 10.2. The van der Waals surface area contributed by atoms with Crippen LogP contribution in [0.5, 0.6) is 0 Å². The van der Waals surface area contributed by atoms with E-state index in [1.54, 1.807) is 6.07 Å². The van der Waals surface area contributed by atoms with Gasteiger partial charge in [-0.15, -0.1) is 0 Å². The van der Waals surface area contributed by atoms with Crippen LogP contribution in [0.2, 0.25) is 0 Å². The van der Waals surface area contributed by atoms with Crippen LogP contribution in [0, 0.1) is 28.4 Å². The molecule has 1 rings (SSSR count). The van der Waals surface area contributed by atoms with Crippen LogP contribution in [0.25, 0.3) is 0 Å². The van der Waals surface area contributed by atoms with Crippen molar-refractivity contribution in [2.24, 2.45) is 0 Å². The maximum atomic E-state index is 12.4. The summed E-state index contributed by atoms with van der Waals surface area (Å²) in [6.45, 7) is 1.34. The minimum absolute atomic E-state index is 0.0838. The second-order valence-corrected chi connectivity index (χ2v) is 3.05. The summed E-state index contributed by atoms with van der Waals surface area (Å²) in [7, 11) is 0. The fraction of sp³-hybridized carbons (Fsp3) is 0.333. The van der Waals surface area contributed by atoms with Crippen LogP contribution in [0.4, 0.5) is 14.5 Å². The zero-order valence-corrected chi connectivity index (χ0v) is 8.28. The predicted octanol–water partition coefficient (Wildman–Crippen LogP) is 2.30. The molecule has 0 fully saturated rings. The third-order valence-corrected chi connectivity index (χ3v) is 1.93. The SMILES string of the molecule is Cc1cc(C(F)F)nc(CC#N)c1[N+](=O)[O-]. The Morgan fingerprint density at radius 2 is 2.31 bits per heavy atom. The molecule has 1 aromatic heterocycles. The maximum absolute atomic E-state index is 12.4. The van der Waals surface area contributed by atoms with Crippen LogP contribution in [0.3, 0.4) is 0 Å². The van der Waals surface area contributed by atoms with Gasteiger partial charge in [-0.1, -0.05) is 0 Å². The number of nitrogens with zero attached hydrogens (tertiary/aromatic N) is 3. The van der Waals surface area contributed by atoms with Crippen molar-refractivity contribution in [3.05, 3.63) is 33.1 Å². The molecule has 0 bridgehead atoms. The Kier molecular flexibility index (Phi) is 3.45.